The zero-order valence-electron chi connectivity index (χ0n) is 13.8. The molecule has 130 valence electrons. The zero-order chi connectivity index (χ0) is 18.1. The minimum absolute atomic E-state index is 0.0146. The topological polar surface area (TPSA) is 46.6 Å². The van der Waals surface area contributed by atoms with E-state index in [0.717, 1.165) is 17.7 Å². The second-order valence-corrected chi connectivity index (χ2v) is 6.91. The molecule has 0 fully saturated rings. The molecule has 0 N–H and O–H groups in total. The normalized spacial score (nSPS) is 17.1. The molecule has 6 heteroatoms. The van der Waals surface area contributed by atoms with E-state index in [-0.39, 0.29) is 22.5 Å². The summed E-state index contributed by atoms with van der Waals surface area (Å²) in [5, 5.41) is 0.603. The molecule has 1 aliphatic heterocycles. The number of esters is 1. The van der Waals surface area contributed by atoms with E-state index in [2.05, 4.69) is 0 Å². The molecule has 1 amide bonds. The van der Waals surface area contributed by atoms with E-state index in [0.29, 0.717) is 5.02 Å². The van der Waals surface area contributed by atoms with Crippen molar-refractivity contribution in [3.8, 4) is 0 Å². The summed E-state index contributed by atoms with van der Waals surface area (Å²) >= 11 is 11.9. The number of fused-ring (bicyclic) bond motifs is 1. The number of carbonyl (C=O) groups is 2. The summed E-state index contributed by atoms with van der Waals surface area (Å²) in [6.45, 7) is 3.53. The number of nitrogens with zero attached hydrogens (tertiary/aromatic N) is 1. The fourth-order valence-corrected chi connectivity index (χ4v) is 3.39. The quantitative estimate of drug-likeness (QED) is 0.738. The summed E-state index contributed by atoms with van der Waals surface area (Å²) in [5.41, 5.74) is 2.12. The van der Waals surface area contributed by atoms with Crippen molar-refractivity contribution in [2.24, 2.45) is 0 Å². The maximum absolute atomic E-state index is 12.8. The van der Waals surface area contributed by atoms with Crippen LogP contribution in [0.2, 0.25) is 10.0 Å². The van der Waals surface area contributed by atoms with E-state index in [1.54, 1.807) is 17.9 Å². The van der Waals surface area contributed by atoms with Crippen molar-refractivity contribution in [1.82, 2.24) is 0 Å². The number of hydrogen-bond acceptors (Lipinski definition) is 3. The van der Waals surface area contributed by atoms with Gasteiger partial charge in [-0.05, 0) is 50.1 Å². The molecule has 1 aliphatic rings. The first-order valence-corrected chi connectivity index (χ1v) is 8.71. The third-order valence-corrected chi connectivity index (χ3v) is 4.79. The first-order valence-electron chi connectivity index (χ1n) is 7.95. The number of rotatable bonds is 3. The van der Waals surface area contributed by atoms with E-state index in [1.165, 1.54) is 12.1 Å². The number of ether oxygens (including phenoxy) is 1. The van der Waals surface area contributed by atoms with Gasteiger partial charge >= 0.3 is 5.97 Å². The minimum atomic E-state index is -0.934. The highest BCUT2D eigenvalue weighted by Crippen LogP contribution is 2.32. The molecule has 2 atom stereocenters. The number of hydrogen-bond donors (Lipinski definition) is 0. The lowest BCUT2D eigenvalue weighted by atomic mass is 10.1. The molecule has 1 heterocycles. The van der Waals surface area contributed by atoms with Crippen LogP contribution in [-0.2, 0) is 16.0 Å². The van der Waals surface area contributed by atoms with E-state index in [1.807, 2.05) is 31.2 Å². The van der Waals surface area contributed by atoms with Crippen LogP contribution in [0.3, 0.4) is 0 Å². The third-order valence-electron chi connectivity index (χ3n) is 4.22. The SMILES string of the molecule is C[C@@H](OC(=O)c1cc(Cl)ccc1Cl)C(=O)N1c2ccccc2C[C@@H]1C. The molecule has 2 aromatic carbocycles. The van der Waals surface area contributed by atoms with E-state index >= 15 is 0 Å². The van der Waals surface area contributed by atoms with E-state index in [9.17, 15) is 9.59 Å². The molecule has 0 saturated carbocycles. The summed E-state index contributed by atoms with van der Waals surface area (Å²) in [6.07, 6.45) is -0.154. The first-order chi connectivity index (χ1) is 11.9. The fraction of sp³-hybridized carbons (Fsp3) is 0.263. The van der Waals surface area contributed by atoms with Crippen molar-refractivity contribution in [1.29, 1.82) is 0 Å². The molecule has 0 unspecified atom stereocenters. The van der Waals surface area contributed by atoms with Gasteiger partial charge in [0.05, 0.1) is 10.6 Å². The van der Waals surface area contributed by atoms with Crippen molar-refractivity contribution < 1.29 is 14.3 Å². The molecular formula is C19H17Cl2NO3. The largest absolute Gasteiger partial charge is 0.449 e. The van der Waals surface area contributed by atoms with E-state index < -0.39 is 12.1 Å². The molecule has 0 spiro atoms. The molecule has 0 bridgehead atoms. The number of para-hydroxylation sites is 1. The van der Waals surface area contributed by atoms with Crippen LogP contribution in [-0.4, -0.2) is 24.0 Å². The van der Waals surface area contributed by atoms with Gasteiger partial charge in [0, 0.05) is 16.8 Å². The van der Waals surface area contributed by atoms with Gasteiger partial charge < -0.3 is 9.64 Å². The lowest BCUT2D eigenvalue weighted by molar-refractivity contribution is -0.126. The molecule has 2 aromatic rings. The van der Waals surface area contributed by atoms with Gasteiger partial charge in [-0.25, -0.2) is 4.79 Å². The number of halogens is 2. The van der Waals surface area contributed by atoms with Gasteiger partial charge in [-0.15, -0.1) is 0 Å². The number of anilines is 1. The van der Waals surface area contributed by atoms with Gasteiger partial charge in [-0.3, -0.25) is 4.79 Å². The van der Waals surface area contributed by atoms with Crippen LogP contribution in [0.15, 0.2) is 42.5 Å². The average molecular weight is 378 g/mol. The van der Waals surface area contributed by atoms with Crippen LogP contribution in [0, 0.1) is 0 Å². The Morgan fingerprint density at radius 2 is 1.92 bits per heavy atom. The summed E-state index contributed by atoms with van der Waals surface area (Å²) in [6, 6.07) is 12.3. The van der Waals surface area contributed by atoms with Crippen LogP contribution in [0.5, 0.6) is 0 Å². The molecular weight excluding hydrogens is 361 g/mol. The summed E-state index contributed by atoms with van der Waals surface area (Å²) < 4.78 is 5.34. The highest BCUT2D eigenvalue weighted by molar-refractivity contribution is 6.35. The predicted octanol–water partition coefficient (Wildman–Crippen LogP) is 4.52. The monoisotopic (exact) mass is 377 g/mol. The maximum Gasteiger partial charge on any atom is 0.340 e. The summed E-state index contributed by atoms with van der Waals surface area (Å²) in [4.78, 5) is 26.9. The van der Waals surface area contributed by atoms with E-state index in [4.69, 9.17) is 27.9 Å². The van der Waals surface area contributed by atoms with Gasteiger partial charge in [-0.1, -0.05) is 41.4 Å². The number of amides is 1. The Kier molecular flexibility index (Phi) is 5.02. The smallest absolute Gasteiger partial charge is 0.340 e. The Bertz CT molecular complexity index is 837. The third kappa shape index (κ3) is 3.51. The Labute approximate surface area is 156 Å². The van der Waals surface area contributed by atoms with Crippen molar-refractivity contribution >= 4 is 40.8 Å². The Hall–Kier alpha value is -2.04. The van der Waals surface area contributed by atoms with Crippen LogP contribution in [0.1, 0.15) is 29.8 Å². The highest BCUT2D eigenvalue weighted by Gasteiger charge is 2.34. The molecule has 0 radical (unpaired) electrons. The van der Waals surface area contributed by atoms with Crippen molar-refractivity contribution in [3.63, 3.8) is 0 Å². The van der Waals surface area contributed by atoms with Gasteiger partial charge in [0.1, 0.15) is 0 Å². The van der Waals surface area contributed by atoms with Crippen molar-refractivity contribution in [2.45, 2.75) is 32.4 Å². The van der Waals surface area contributed by atoms with Crippen LogP contribution in [0.25, 0.3) is 0 Å². The Morgan fingerprint density at radius 1 is 1.20 bits per heavy atom. The molecule has 0 saturated heterocycles. The fourth-order valence-electron chi connectivity index (χ4n) is 3.03. The summed E-state index contributed by atoms with van der Waals surface area (Å²) in [5.74, 6) is -0.933. The second-order valence-electron chi connectivity index (χ2n) is 6.06. The van der Waals surface area contributed by atoms with Crippen LogP contribution < -0.4 is 4.90 Å². The minimum Gasteiger partial charge on any atom is -0.449 e. The first kappa shape index (κ1) is 17.8. The van der Waals surface area contributed by atoms with Gasteiger partial charge in [0.2, 0.25) is 0 Å². The standard InChI is InChI=1S/C19H17Cl2NO3/c1-11-9-13-5-3-4-6-17(13)22(11)18(23)12(2)25-19(24)15-10-14(20)7-8-16(15)21/h3-8,10-12H,9H2,1-2H3/t11-,12+/m0/s1. The Balaban J connectivity index is 1.77. The average Bonchev–Trinajstić information content (AvgIpc) is 2.91. The summed E-state index contributed by atoms with van der Waals surface area (Å²) in [7, 11) is 0. The van der Waals surface area contributed by atoms with Gasteiger partial charge in [0.25, 0.3) is 5.91 Å². The van der Waals surface area contributed by atoms with Gasteiger partial charge in [-0.2, -0.15) is 0 Å². The lowest BCUT2D eigenvalue weighted by Gasteiger charge is -2.26. The Morgan fingerprint density at radius 3 is 2.68 bits per heavy atom. The maximum atomic E-state index is 12.8. The molecule has 0 aromatic heterocycles. The molecule has 4 nitrogen and oxygen atoms in total. The predicted molar refractivity (Wildman–Crippen MR) is 98.4 cm³/mol. The van der Waals surface area contributed by atoms with Crippen molar-refractivity contribution in [3.05, 3.63) is 63.6 Å². The molecule has 0 aliphatic carbocycles. The number of carbonyl (C=O) groups excluding carboxylic acids is 2. The highest BCUT2D eigenvalue weighted by atomic mass is 35.5. The van der Waals surface area contributed by atoms with Crippen LogP contribution in [0.4, 0.5) is 5.69 Å². The van der Waals surface area contributed by atoms with Crippen LogP contribution >= 0.6 is 23.2 Å². The van der Waals surface area contributed by atoms with Gasteiger partial charge in [0.15, 0.2) is 6.10 Å². The number of benzene rings is 2. The zero-order valence-corrected chi connectivity index (χ0v) is 15.3. The lowest BCUT2D eigenvalue weighted by Crippen LogP contribution is -2.43. The molecule has 3 rings (SSSR count). The second kappa shape index (κ2) is 7.06. The molecule has 25 heavy (non-hydrogen) atoms. The van der Waals surface area contributed by atoms with Crippen molar-refractivity contribution in [2.75, 3.05) is 4.90 Å².